The fourth-order valence-corrected chi connectivity index (χ4v) is 3.32. The van der Waals surface area contributed by atoms with Gasteiger partial charge in [0.1, 0.15) is 5.82 Å². The van der Waals surface area contributed by atoms with E-state index in [1.54, 1.807) is 18.2 Å². The number of carbonyl (C=O) groups is 2. The molecule has 2 amide bonds. The van der Waals surface area contributed by atoms with Gasteiger partial charge in [0.2, 0.25) is 5.91 Å². The van der Waals surface area contributed by atoms with Crippen LogP contribution in [-0.4, -0.2) is 21.8 Å². The zero-order valence-corrected chi connectivity index (χ0v) is 17.0. The van der Waals surface area contributed by atoms with E-state index in [0.29, 0.717) is 16.8 Å². The molecule has 1 saturated carbocycles. The Morgan fingerprint density at radius 2 is 1.67 bits per heavy atom. The van der Waals surface area contributed by atoms with Crippen molar-refractivity contribution in [3.63, 3.8) is 0 Å². The molecule has 1 aromatic heterocycles. The number of carbonyl (C=O) groups excluding carboxylic acids is 2. The van der Waals surface area contributed by atoms with E-state index in [0.717, 1.165) is 42.6 Å². The number of nitrogens with one attached hydrogen (secondary N) is 2. The van der Waals surface area contributed by atoms with Gasteiger partial charge in [0, 0.05) is 17.2 Å². The molecule has 30 heavy (non-hydrogen) atoms. The first-order chi connectivity index (χ1) is 14.5. The van der Waals surface area contributed by atoms with E-state index in [9.17, 15) is 14.0 Å². The molecule has 0 aliphatic heterocycles. The van der Waals surface area contributed by atoms with Gasteiger partial charge in [-0.1, -0.05) is 13.8 Å². The number of hydrogen-bond donors (Lipinski definition) is 2. The maximum absolute atomic E-state index is 14.0. The standard InChI is InChI=1S/C23H23FN4O2/c1-3-17-18(4-2)27-21-11-14(7-10-19(21)26-17)23(30)25-15-8-9-16(24)20(12-15)28-22(29)13-5-6-13/h7-13H,3-6H2,1-2H3,(H,25,30)(H,28,29). The molecule has 3 aromatic rings. The van der Waals surface area contributed by atoms with Crippen molar-refractivity contribution in [3.05, 3.63) is 59.2 Å². The van der Waals surface area contributed by atoms with Crippen molar-refractivity contribution in [2.24, 2.45) is 5.92 Å². The number of amides is 2. The molecule has 1 fully saturated rings. The van der Waals surface area contributed by atoms with Gasteiger partial charge in [-0.3, -0.25) is 9.59 Å². The van der Waals surface area contributed by atoms with Gasteiger partial charge in [-0.2, -0.15) is 0 Å². The van der Waals surface area contributed by atoms with Crippen LogP contribution in [0.5, 0.6) is 0 Å². The lowest BCUT2D eigenvalue weighted by molar-refractivity contribution is -0.117. The Morgan fingerprint density at radius 1 is 0.967 bits per heavy atom. The number of anilines is 2. The van der Waals surface area contributed by atoms with Crippen LogP contribution in [-0.2, 0) is 17.6 Å². The van der Waals surface area contributed by atoms with Gasteiger partial charge in [-0.05, 0) is 62.1 Å². The highest BCUT2D eigenvalue weighted by Gasteiger charge is 2.30. The molecule has 0 atom stereocenters. The molecule has 0 unspecified atom stereocenters. The molecule has 0 spiro atoms. The molecular formula is C23H23FN4O2. The van der Waals surface area contributed by atoms with Crippen molar-refractivity contribution in [1.82, 2.24) is 9.97 Å². The SMILES string of the molecule is CCc1nc2ccc(C(=O)Nc3ccc(F)c(NC(=O)C4CC4)c3)cc2nc1CC. The van der Waals surface area contributed by atoms with E-state index >= 15 is 0 Å². The summed E-state index contributed by atoms with van der Waals surface area (Å²) in [6.07, 6.45) is 3.23. The second-order valence-electron chi connectivity index (χ2n) is 7.44. The van der Waals surface area contributed by atoms with Crippen LogP contribution in [0, 0.1) is 11.7 Å². The second kappa shape index (κ2) is 8.18. The van der Waals surface area contributed by atoms with Crippen LogP contribution in [0.25, 0.3) is 11.0 Å². The van der Waals surface area contributed by atoms with Gasteiger partial charge in [-0.25, -0.2) is 14.4 Å². The van der Waals surface area contributed by atoms with Crippen LogP contribution in [0.4, 0.5) is 15.8 Å². The van der Waals surface area contributed by atoms with E-state index in [-0.39, 0.29) is 23.4 Å². The summed E-state index contributed by atoms with van der Waals surface area (Å²) < 4.78 is 14.0. The lowest BCUT2D eigenvalue weighted by Gasteiger charge is -2.11. The fourth-order valence-electron chi connectivity index (χ4n) is 3.32. The van der Waals surface area contributed by atoms with Crippen LogP contribution >= 0.6 is 0 Å². The predicted octanol–water partition coefficient (Wildman–Crippen LogP) is 4.49. The average molecular weight is 406 g/mol. The minimum atomic E-state index is -0.540. The number of aromatic nitrogens is 2. The van der Waals surface area contributed by atoms with Gasteiger partial charge in [-0.15, -0.1) is 0 Å². The van der Waals surface area contributed by atoms with E-state index in [1.165, 1.54) is 18.2 Å². The normalized spacial score (nSPS) is 13.3. The molecule has 1 heterocycles. The van der Waals surface area contributed by atoms with Gasteiger partial charge in [0.25, 0.3) is 5.91 Å². The third-order valence-electron chi connectivity index (χ3n) is 5.18. The number of rotatable bonds is 6. The first-order valence-electron chi connectivity index (χ1n) is 10.2. The van der Waals surface area contributed by atoms with Gasteiger partial charge >= 0.3 is 0 Å². The maximum Gasteiger partial charge on any atom is 0.255 e. The first-order valence-corrected chi connectivity index (χ1v) is 10.2. The Hall–Kier alpha value is -3.35. The largest absolute Gasteiger partial charge is 0.323 e. The Kier molecular flexibility index (Phi) is 5.44. The Balaban J connectivity index is 1.56. The number of fused-ring (bicyclic) bond motifs is 1. The summed E-state index contributed by atoms with van der Waals surface area (Å²) in [4.78, 5) is 34.0. The summed E-state index contributed by atoms with van der Waals surface area (Å²) in [5.74, 6) is -1.12. The fraction of sp³-hybridized carbons (Fsp3) is 0.304. The third-order valence-corrected chi connectivity index (χ3v) is 5.18. The molecule has 6 nitrogen and oxygen atoms in total. The van der Waals surface area contributed by atoms with Crippen LogP contribution in [0.1, 0.15) is 48.4 Å². The summed E-state index contributed by atoms with van der Waals surface area (Å²) in [5.41, 5.74) is 4.19. The van der Waals surface area contributed by atoms with Crippen LogP contribution in [0.15, 0.2) is 36.4 Å². The summed E-state index contributed by atoms with van der Waals surface area (Å²) in [6.45, 7) is 4.07. The minimum Gasteiger partial charge on any atom is -0.323 e. The molecule has 2 N–H and O–H groups in total. The van der Waals surface area contributed by atoms with Crippen LogP contribution in [0.2, 0.25) is 0 Å². The van der Waals surface area contributed by atoms with E-state index in [2.05, 4.69) is 20.6 Å². The van der Waals surface area contributed by atoms with Crippen molar-refractivity contribution >= 4 is 34.2 Å². The zero-order valence-electron chi connectivity index (χ0n) is 17.0. The Labute approximate surface area is 173 Å². The summed E-state index contributed by atoms with van der Waals surface area (Å²) in [5, 5.41) is 5.34. The Bertz CT molecular complexity index is 1140. The molecule has 1 aliphatic rings. The van der Waals surface area contributed by atoms with Crippen LogP contribution < -0.4 is 10.6 Å². The van der Waals surface area contributed by atoms with E-state index < -0.39 is 5.82 Å². The first kappa shape index (κ1) is 19.9. The molecule has 2 aromatic carbocycles. The predicted molar refractivity (Wildman–Crippen MR) is 114 cm³/mol. The van der Waals surface area contributed by atoms with Crippen molar-refractivity contribution < 1.29 is 14.0 Å². The molecule has 0 saturated heterocycles. The molecule has 4 rings (SSSR count). The number of nitrogens with zero attached hydrogens (tertiary/aromatic N) is 2. The number of hydrogen-bond acceptors (Lipinski definition) is 4. The van der Waals surface area contributed by atoms with Gasteiger partial charge in [0.15, 0.2) is 0 Å². The zero-order chi connectivity index (χ0) is 21.3. The van der Waals surface area contributed by atoms with Crippen LogP contribution in [0.3, 0.4) is 0 Å². The monoisotopic (exact) mass is 406 g/mol. The van der Waals surface area contributed by atoms with Gasteiger partial charge in [0.05, 0.1) is 28.1 Å². The van der Waals surface area contributed by atoms with Crippen molar-refractivity contribution in [2.45, 2.75) is 39.5 Å². The molecule has 1 aliphatic carbocycles. The lowest BCUT2D eigenvalue weighted by atomic mass is 10.1. The molecule has 7 heteroatoms. The van der Waals surface area contributed by atoms with Crippen molar-refractivity contribution in [2.75, 3.05) is 10.6 Å². The summed E-state index contributed by atoms with van der Waals surface area (Å²) in [7, 11) is 0. The number of aryl methyl sites for hydroxylation is 2. The molecule has 0 radical (unpaired) electrons. The van der Waals surface area contributed by atoms with E-state index in [4.69, 9.17) is 0 Å². The average Bonchev–Trinajstić information content (AvgIpc) is 3.60. The minimum absolute atomic E-state index is 0.0393. The van der Waals surface area contributed by atoms with E-state index in [1.807, 2.05) is 13.8 Å². The maximum atomic E-state index is 14.0. The quantitative estimate of drug-likeness (QED) is 0.632. The molecule has 0 bridgehead atoms. The molecule has 154 valence electrons. The number of benzene rings is 2. The summed E-state index contributed by atoms with van der Waals surface area (Å²) in [6, 6.07) is 9.29. The smallest absolute Gasteiger partial charge is 0.255 e. The highest BCUT2D eigenvalue weighted by molar-refractivity contribution is 6.06. The molecular weight excluding hydrogens is 383 g/mol. The summed E-state index contributed by atoms with van der Waals surface area (Å²) >= 11 is 0. The lowest BCUT2D eigenvalue weighted by Crippen LogP contribution is -2.16. The highest BCUT2D eigenvalue weighted by Crippen LogP contribution is 2.31. The second-order valence-corrected chi connectivity index (χ2v) is 7.44. The highest BCUT2D eigenvalue weighted by atomic mass is 19.1. The topological polar surface area (TPSA) is 84.0 Å². The Morgan fingerprint density at radius 3 is 2.33 bits per heavy atom. The third kappa shape index (κ3) is 4.15. The van der Waals surface area contributed by atoms with Crippen molar-refractivity contribution in [1.29, 1.82) is 0 Å². The van der Waals surface area contributed by atoms with Gasteiger partial charge < -0.3 is 10.6 Å². The van der Waals surface area contributed by atoms with Crippen molar-refractivity contribution in [3.8, 4) is 0 Å². The number of halogens is 1.